The van der Waals surface area contributed by atoms with Crippen LogP contribution in [-0.2, 0) is 0 Å². The Bertz CT molecular complexity index is 217. The zero-order chi connectivity index (χ0) is 8.32. The summed E-state index contributed by atoms with van der Waals surface area (Å²) in [5.41, 5.74) is 2.21. The van der Waals surface area contributed by atoms with E-state index < -0.39 is 5.60 Å². The highest BCUT2D eigenvalue weighted by molar-refractivity contribution is 5.10. The predicted octanol–water partition coefficient (Wildman–Crippen LogP) is 2.04. The molecular weight excluding hydrogens is 136 g/mol. The molecule has 0 bridgehead atoms. The molecule has 1 rings (SSSR count). The minimum absolute atomic E-state index is 0.170. The van der Waals surface area contributed by atoms with E-state index in [2.05, 4.69) is 11.8 Å². The van der Waals surface area contributed by atoms with Crippen molar-refractivity contribution in [1.29, 1.82) is 0 Å². The van der Waals surface area contributed by atoms with Crippen LogP contribution in [0, 0.1) is 5.92 Å². The molecule has 1 nitrogen and oxygen atoms in total. The van der Waals surface area contributed by atoms with E-state index in [-0.39, 0.29) is 5.92 Å². The normalized spacial score (nSPS) is 39.7. The van der Waals surface area contributed by atoms with Gasteiger partial charge in [-0.2, -0.15) is 0 Å². The average Bonchev–Trinajstić information content (AvgIpc) is 1.93. The second-order valence-electron chi connectivity index (χ2n) is 3.19. The van der Waals surface area contributed by atoms with Crippen LogP contribution in [0.3, 0.4) is 0 Å². The first-order valence-electron chi connectivity index (χ1n) is 3.94. The van der Waals surface area contributed by atoms with E-state index in [4.69, 9.17) is 0 Å². The molecule has 1 aliphatic carbocycles. The Kier molecular flexibility index (Phi) is 2.33. The highest BCUT2D eigenvalue weighted by Gasteiger charge is 2.22. The number of aliphatic hydroxyl groups is 1. The molecule has 0 spiro atoms. The molecule has 0 radical (unpaired) electrons. The summed E-state index contributed by atoms with van der Waals surface area (Å²) in [6, 6.07) is 0. The maximum absolute atomic E-state index is 9.76. The summed E-state index contributed by atoms with van der Waals surface area (Å²) >= 11 is 0. The van der Waals surface area contributed by atoms with Gasteiger partial charge in [0.25, 0.3) is 0 Å². The summed E-state index contributed by atoms with van der Waals surface area (Å²) in [5.74, 6) is 0.170. The number of hydrogen-bond donors (Lipinski definition) is 1. The maximum atomic E-state index is 9.76. The zero-order valence-corrected chi connectivity index (χ0v) is 7.04. The summed E-state index contributed by atoms with van der Waals surface area (Å²) in [4.78, 5) is 0. The lowest BCUT2D eigenvalue weighted by Crippen LogP contribution is -2.28. The molecule has 0 fully saturated rings. The van der Waals surface area contributed by atoms with Crippen LogP contribution >= 0.6 is 0 Å². The van der Waals surface area contributed by atoms with Crippen LogP contribution in [-0.4, -0.2) is 10.7 Å². The molecule has 0 aromatic carbocycles. The topological polar surface area (TPSA) is 20.2 Å². The van der Waals surface area contributed by atoms with Gasteiger partial charge in [-0.25, -0.2) is 0 Å². The molecule has 2 unspecified atom stereocenters. The van der Waals surface area contributed by atoms with Gasteiger partial charge in [0.2, 0.25) is 0 Å². The van der Waals surface area contributed by atoms with Crippen LogP contribution in [0.2, 0.25) is 0 Å². The Morgan fingerprint density at radius 1 is 1.64 bits per heavy atom. The van der Waals surface area contributed by atoms with Gasteiger partial charge in [-0.15, -0.1) is 5.73 Å². The van der Waals surface area contributed by atoms with Gasteiger partial charge >= 0.3 is 0 Å². The zero-order valence-electron chi connectivity index (χ0n) is 7.04. The van der Waals surface area contributed by atoms with Crippen molar-refractivity contribution in [1.82, 2.24) is 0 Å². The summed E-state index contributed by atoms with van der Waals surface area (Å²) in [6.07, 6.45) is 8.64. The molecule has 60 valence electrons. The van der Waals surface area contributed by atoms with Gasteiger partial charge in [0.05, 0.1) is 5.60 Å². The van der Waals surface area contributed by atoms with Gasteiger partial charge in [-0.05, 0) is 25.5 Å². The van der Waals surface area contributed by atoms with Crippen molar-refractivity contribution < 1.29 is 5.11 Å². The SMILES string of the molecule is CC1/C=C/CC=C=CC1(C)O. The van der Waals surface area contributed by atoms with Gasteiger partial charge in [0, 0.05) is 5.92 Å². The fraction of sp³-hybridized carbons (Fsp3) is 0.500. The summed E-state index contributed by atoms with van der Waals surface area (Å²) in [5, 5.41) is 9.76. The molecule has 1 aliphatic rings. The van der Waals surface area contributed by atoms with E-state index >= 15 is 0 Å². The van der Waals surface area contributed by atoms with Gasteiger partial charge in [0.1, 0.15) is 0 Å². The molecule has 11 heavy (non-hydrogen) atoms. The highest BCUT2D eigenvalue weighted by atomic mass is 16.3. The molecule has 0 saturated heterocycles. The van der Waals surface area contributed by atoms with Gasteiger partial charge in [-0.3, -0.25) is 0 Å². The van der Waals surface area contributed by atoms with Crippen LogP contribution in [0.1, 0.15) is 20.3 Å². The quantitative estimate of drug-likeness (QED) is 0.414. The lowest BCUT2D eigenvalue weighted by Gasteiger charge is -2.23. The van der Waals surface area contributed by atoms with Crippen molar-refractivity contribution in [3.63, 3.8) is 0 Å². The molecule has 0 saturated carbocycles. The predicted molar refractivity (Wildman–Crippen MR) is 46.2 cm³/mol. The smallest absolute Gasteiger partial charge is 0.0932 e. The van der Waals surface area contributed by atoms with E-state index in [1.165, 1.54) is 0 Å². The van der Waals surface area contributed by atoms with Crippen molar-refractivity contribution in [2.75, 3.05) is 0 Å². The Labute approximate surface area is 67.7 Å². The van der Waals surface area contributed by atoms with Crippen molar-refractivity contribution in [2.24, 2.45) is 5.92 Å². The van der Waals surface area contributed by atoms with E-state index in [0.717, 1.165) is 6.42 Å². The first-order valence-corrected chi connectivity index (χ1v) is 3.94. The van der Waals surface area contributed by atoms with Crippen LogP contribution < -0.4 is 0 Å². The van der Waals surface area contributed by atoms with Crippen LogP contribution in [0.5, 0.6) is 0 Å². The average molecular weight is 150 g/mol. The first kappa shape index (κ1) is 8.32. The number of allylic oxidation sites excluding steroid dienone is 1. The van der Waals surface area contributed by atoms with Crippen molar-refractivity contribution >= 4 is 0 Å². The van der Waals surface area contributed by atoms with Crippen molar-refractivity contribution in [3.8, 4) is 0 Å². The standard InChI is InChI=1S/C10H14O/c1-9-7-5-3-4-6-8-10(9,2)11/h4-5,7-9,11H,3H2,1-2H3/b7-5+. The molecule has 1 N–H and O–H groups in total. The summed E-state index contributed by atoms with van der Waals surface area (Å²) in [6.45, 7) is 3.80. The fourth-order valence-electron chi connectivity index (χ4n) is 0.973. The summed E-state index contributed by atoms with van der Waals surface area (Å²) in [7, 11) is 0. The second-order valence-corrected chi connectivity index (χ2v) is 3.19. The largest absolute Gasteiger partial charge is 0.385 e. The Balaban J connectivity index is 2.92. The van der Waals surface area contributed by atoms with Crippen LogP contribution in [0.25, 0.3) is 0 Å². The van der Waals surface area contributed by atoms with E-state index in [1.54, 1.807) is 13.0 Å². The third-order valence-electron chi connectivity index (χ3n) is 2.09. The van der Waals surface area contributed by atoms with Gasteiger partial charge < -0.3 is 5.11 Å². The van der Waals surface area contributed by atoms with E-state index in [0.29, 0.717) is 0 Å². The van der Waals surface area contributed by atoms with Gasteiger partial charge in [-0.1, -0.05) is 19.1 Å². The lowest BCUT2D eigenvalue weighted by molar-refractivity contribution is 0.0744. The number of rotatable bonds is 0. The third-order valence-corrected chi connectivity index (χ3v) is 2.09. The molecular formula is C10H14O. The monoisotopic (exact) mass is 150 g/mol. The van der Waals surface area contributed by atoms with E-state index in [1.807, 2.05) is 19.1 Å². The molecule has 1 heteroatoms. The number of hydrogen-bond acceptors (Lipinski definition) is 1. The third kappa shape index (κ3) is 2.07. The van der Waals surface area contributed by atoms with E-state index in [9.17, 15) is 5.11 Å². The Morgan fingerprint density at radius 3 is 3.09 bits per heavy atom. The Morgan fingerprint density at radius 2 is 2.36 bits per heavy atom. The van der Waals surface area contributed by atoms with Crippen LogP contribution in [0.15, 0.2) is 30.0 Å². The second kappa shape index (κ2) is 3.08. The molecule has 0 aromatic rings. The molecule has 0 aromatic heterocycles. The van der Waals surface area contributed by atoms with Crippen molar-refractivity contribution in [3.05, 3.63) is 30.0 Å². The molecule has 0 aliphatic heterocycles. The highest BCUT2D eigenvalue weighted by Crippen LogP contribution is 2.20. The Hall–Kier alpha value is -0.780. The van der Waals surface area contributed by atoms with Gasteiger partial charge in [0.15, 0.2) is 0 Å². The molecule has 0 heterocycles. The van der Waals surface area contributed by atoms with Crippen LogP contribution in [0.4, 0.5) is 0 Å². The minimum atomic E-state index is -0.743. The summed E-state index contributed by atoms with van der Waals surface area (Å²) < 4.78 is 0. The molecule has 2 atom stereocenters. The maximum Gasteiger partial charge on any atom is 0.0932 e. The molecule has 0 amide bonds. The lowest BCUT2D eigenvalue weighted by atomic mass is 9.89. The van der Waals surface area contributed by atoms with Crippen molar-refractivity contribution in [2.45, 2.75) is 25.9 Å². The fourth-order valence-corrected chi connectivity index (χ4v) is 0.973. The first-order chi connectivity index (χ1) is 5.13. The minimum Gasteiger partial charge on any atom is -0.385 e.